The highest BCUT2D eigenvalue weighted by Crippen LogP contribution is 2.44. The summed E-state index contributed by atoms with van der Waals surface area (Å²) in [6, 6.07) is 0. The second kappa shape index (κ2) is 6.52. The van der Waals surface area contributed by atoms with Crippen LogP contribution in [0, 0.1) is 0 Å². The van der Waals surface area contributed by atoms with Crippen molar-refractivity contribution in [2.45, 2.75) is 30.6 Å². The third-order valence-corrected chi connectivity index (χ3v) is 5.55. The van der Waals surface area contributed by atoms with Crippen molar-refractivity contribution in [2.75, 3.05) is 37.1 Å². The molecular weight excluding hydrogens is 280 g/mol. The third-order valence-electron chi connectivity index (χ3n) is 3.35. The normalized spacial score (nSPS) is 16.2. The van der Waals surface area contributed by atoms with Gasteiger partial charge in [-0.25, -0.2) is 4.79 Å². The van der Waals surface area contributed by atoms with E-state index in [0.29, 0.717) is 10.6 Å². The van der Waals surface area contributed by atoms with Gasteiger partial charge in [0, 0.05) is 13.1 Å². The highest BCUT2D eigenvalue weighted by Gasteiger charge is 2.24. The van der Waals surface area contributed by atoms with Gasteiger partial charge >= 0.3 is 5.97 Å². The number of hydrogen-bond acceptors (Lipinski definition) is 6. The molecule has 1 aliphatic rings. The van der Waals surface area contributed by atoms with Crippen LogP contribution in [-0.2, 0) is 4.74 Å². The molecule has 0 aliphatic carbocycles. The van der Waals surface area contributed by atoms with Gasteiger partial charge in [-0.3, -0.25) is 0 Å². The van der Waals surface area contributed by atoms with Gasteiger partial charge in [-0.15, -0.1) is 23.1 Å². The fourth-order valence-electron chi connectivity index (χ4n) is 2.34. The fraction of sp³-hybridized carbons (Fsp3) is 0.615. The summed E-state index contributed by atoms with van der Waals surface area (Å²) in [7, 11) is 1.39. The van der Waals surface area contributed by atoms with E-state index in [9.17, 15) is 4.79 Å². The Balaban J connectivity index is 2.35. The Morgan fingerprint density at radius 3 is 2.47 bits per heavy atom. The lowest BCUT2D eigenvalue weighted by Gasteiger charge is -2.21. The molecule has 0 radical (unpaired) electrons. The third kappa shape index (κ3) is 3.00. The van der Waals surface area contributed by atoms with E-state index in [4.69, 9.17) is 10.5 Å². The minimum absolute atomic E-state index is 0.334. The predicted molar refractivity (Wildman–Crippen MR) is 82.5 cm³/mol. The average Bonchev–Trinajstić information content (AvgIpc) is 2.61. The molecule has 0 amide bonds. The number of nitrogens with two attached hydrogens (primary N) is 1. The first kappa shape index (κ1) is 14.5. The number of rotatable bonds is 3. The van der Waals surface area contributed by atoms with Crippen LogP contribution < -0.4 is 10.6 Å². The van der Waals surface area contributed by atoms with Crippen molar-refractivity contribution in [2.24, 2.45) is 0 Å². The summed E-state index contributed by atoms with van der Waals surface area (Å²) >= 11 is 3.07. The molecule has 1 saturated heterocycles. The van der Waals surface area contributed by atoms with Gasteiger partial charge in [0.05, 0.1) is 17.7 Å². The van der Waals surface area contributed by atoms with E-state index < -0.39 is 0 Å². The zero-order chi connectivity index (χ0) is 13.8. The number of thiophene rings is 1. The van der Waals surface area contributed by atoms with Crippen molar-refractivity contribution in [1.29, 1.82) is 0 Å². The Labute approximate surface area is 122 Å². The Morgan fingerprint density at radius 1 is 1.32 bits per heavy atom. The molecule has 1 aromatic rings. The number of hydrogen-bond donors (Lipinski definition) is 1. The van der Waals surface area contributed by atoms with Crippen LogP contribution in [0.15, 0.2) is 4.90 Å². The number of nitrogens with zero attached hydrogens (tertiary/aromatic N) is 1. The van der Waals surface area contributed by atoms with Crippen LogP contribution in [0.5, 0.6) is 0 Å². The van der Waals surface area contributed by atoms with E-state index >= 15 is 0 Å². The summed E-state index contributed by atoms with van der Waals surface area (Å²) < 4.78 is 4.81. The molecule has 0 saturated carbocycles. The van der Waals surface area contributed by atoms with Crippen LogP contribution in [0.2, 0.25) is 0 Å². The second-order valence-electron chi connectivity index (χ2n) is 4.58. The topological polar surface area (TPSA) is 55.6 Å². The van der Waals surface area contributed by atoms with Crippen molar-refractivity contribution in [3.8, 4) is 0 Å². The molecule has 2 heterocycles. The Hall–Kier alpha value is -0.880. The molecular formula is C13H20N2O2S2. The smallest absolute Gasteiger partial charge is 0.350 e. The number of esters is 1. The highest BCUT2D eigenvalue weighted by molar-refractivity contribution is 7.99. The molecule has 2 rings (SSSR count). The van der Waals surface area contributed by atoms with Gasteiger partial charge in [-0.1, -0.05) is 12.8 Å². The molecule has 0 aromatic carbocycles. The quantitative estimate of drug-likeness (QED) is 0.686. The largest absolute Gasteiger partial charge is 0.465 e. The van der Waals surface area contributed by atoms with Crippen molar-refractivity contribution >= 4 is 39.8 Å². The maximum Gasteiger partial charge on any atom is 0.350 e. The van der Waals surface area contributed by atoms with Crippen LogP contribution >= 0.6 is 23.1 Å². The van der Waals surface area contributed by atoms with E-state index in [0.717, 1.165) is 23.0 Å². The van der Waals surface area contributed by atoms with Crippen LogP contribution in [0.3, 0.4) is 0 Å². The molecule has 106 valence electrons. The number of thioether (sulfide) groups is 1. The zero-order valence-corrected chi connectivity index (χ0v) is 13.0. The minimum Gasteiger partial charge on any atom is -0.465 e. The summed E-state index contributed by atoms with van der Waals surface area (Å²) in [6.45, 7) is 2.10. The molecule has 2 N–H and O–H groups in total. The van der Waals surface area contributed by atoms with Gasteiger partial charge in [0.1, 0.15) is 9.88 Å². The summed E-state index contributed by atoms with van der Waals surface area (Å²) in [5, 5.41) is 1.13. The standard InChI is InChI=1S/C13H20N2O2S2/c1-17-13(16)11-9(14)10(18-2)12(19-11)15-7-5-3-4-6-8-15/h3-8,14H2,1-2H3. The lowest BCUT2D eigenvalue weighted by Crippen LogP contribution is -2.23. The van der Waals surface area contributed by atoms with E-state index in [1.807, 2.05) is 6.26 Å². The van der Waals surface area contributed by atoms with Gasteiger partial charge < -0.3 is 15.4 Å². The number of methoxy groups -OCH3 is 1. The lowest BCUT2D eigenvalue weighted by atomic mass is 10.2. The molecule has 6 heteroatoms. The number of anilines is 2. The van der Waals surface area contributed by atoms with Gasteiger partial charge in [0.2, 0.25) is 0 Å². The number of carbonyl (C=O) groups is 1. The molecule has 1 fully saturated rings. The zero-order valence-electron chi connectivity index (χ0n) is 11.4. The highest BCUT2D eigenvalue weighted by atomic mass is 32.2. The van der Waals surface area contributed by atoms with Crippen LogP contribution in [0.25, 0.3) is 0 Å². The second-order valence-corrected chi connectivity index (χ2v) is 6.39. The molecule has 19 heavy (non-hydrogen) atoms. The minimum atomic E-state index is -0.334. The first-order valence-electron chi connectivity index (χ1n) is 6.48. The molecule has 0 spiro atoms. The Kier molecular flexibility index (Phi) is 4.99. The molecule has 0 atom stereocenters. The van der Waals surface area contributed by atoms with E-state index in [2.05, 4.69) is 4.90 Å². The Bertz CT molecular complexity index is 452. The first-order valence-corrected chi connectivity index (χ1v) is 8.52. The maximum atomic E-state index is 11.7. The van der Waals surface area contributed by atoms with Gasteiger partial charge in [0.15, 0.2) is 0 Å². The molecule has 1 aliphatic heterocycles. The van der Waals surface area contributed by atoms with Crippen molar-refractivity contribution in [1.82, 2.24) is 0 Å². The summed E-state index contributed by atoms with van der Waals surface area (Å²) in [4.78, 5) is 15.7. The lowest BCUT2D eigenvalue weighted by molar-refractivity contribution is 0.0607. The van der Waals surface area contributed by atoms with Crippen LogP contribution in [-0.4, -0.2) is 32.4 Å². The van der Waals surface area contributed by atoms with Crippen molar-refractivity contribution in [3.05, 3.63) is 4.88 Å². The molecule has 4 nitrogen and oxygen atoms in total. The summed E-state index contributed by atoms with van der Waals surface area (Å²) in [6.07, 6.45) is 6.99. The molecule has 0 bridgehead atoms. The number of nitrogen functional groups attached to an aromatic ring is 1. The van der Waals surface area contributed by atoms with Gasteiger partial charge in [0.25, 0.3) is 0 Å². The van der Waals surface area contributed by atoms with Crippen molar-refractivity contribution in [3.63, 3.8) is 0 Å². The average molecular weight is 300 g/mol. The van der Waals surface area contributed by atoms with E-state index in [1.165, 1.54) is 44.1 Å². The van der Waals surface area contributed by atoms with Crippen LogP contribution in [0.4, 0.5) is 10.7 Å². The van der Waals surface area contributed by atoms with Gasteiger partial charge in [-0.05, 0) is 19.1 Å². The van der Waals surface area contributed by atoms with E-state index in [1.54, 1.807) is 11.8 Å². The monoisotopic (exact) mass is 300 g/mol. The molecule has 1 aromatic heterocycles. The van der Waals surface area contributed by atoms with E-state index in [-0.39, 0.29) is 5.97 Å². The number of ether oxygens (including phenoxy) is 1. The SMILES string of the molecule is COC(=O)c1sc(N2CCCCCC2)c(SC)c1N. The summed E-state index contributed by atoms with van der Waals surface area (Å²) in [5.41, 5.74) is 6.67. The van der Waals surface area contributed by atoms with Gasteiger partial charge in [-0.2, -0.15) is 0 Å². The fourth-order valence-corrected chi connectivity index (χ4v) is 4.49. The number of carbonyl (C=O) groups excluding carboxylic acids is 1. The first-order chi connectivity index (χ1) is 9.19. The maximum absolute atomic E-state index is 11.7. The Morgan fingerprint density at radius 2 is 1.95 bits per heavy atom. The predicted octanol–water partition coefficient (Wildman–Crippen LogP) is 3.22. The summed E-state index contributed by atoms with van der Waals surface area (Å²) in [5.74, 6) is -0.334. The molecule has 0 unspecified atom stereocenters. The van der Waals surface area contributed by atoms with Crippen LogP contribution in [0.1, 0.15) is 35.4 Å². The van der Waals surface area contributed by atoms with Crippen molar-refractivity contribution < 1.29 is 9.53 Å².